The molecule has 1 aliphatic heterocycles. The van der Waals surface area contributed by atoms with Gasteiger partial charge < -0.3 is 15.3 Å². The van der Waals surface area contributed by atoms with Crippen LogP contribution in [0.5, 0.6) is 0 Å². The van der Waals surface area contributed by atoms with Gasteiger partial charge in [0, 0.05) is 18.9 Å². The van der Waals surface area contributed by atoms with E-state index < -0.39 is 23.3 Å². The monoisotopic (exact) mass is 267 g/mol. The molecule has 3 atom stereocenters. The molecular formula is C13H19N2O4+. The minimum absolute atomic E-state index is 0.153. The highest BCUT2D eigenvalue weighted by Gasteiger charge is 2.63. The summed E-state index contributed by atoms with van der Waals surface area (Å²) in [5.41, 5.74) is -3.23. The molecule has 3 unspecified atom stereocenters. The van der Waals surface area contributed by atoms with Crippen molar-refractivity contribution in [2.45, 2.75) is 44.1 Å². The number of carboxylic acids is 1. The Morgan fingerprint density at radius 2 is 2.11 bits per heavy atom. The minimum atomic E-state index is -1.64. The van der Waals surface area contributed by atoms with Gasteiger partial charge in [-0.05, 0) is 6.07 Å². The summed E-state index contributed by atoms with van der Waals surface area (Å²) in [7, 11) is 0. The van der Waals surface area contributed by atoms with Gasteiger partial charge in [-0.2, -0.15) is 0 Å². The second-order valence-corrected chi connectivity index (χ2v) is 4.85. The first-order chi connectivity index (χ1) is 8.92. The predicted octanol–water partition coefficient (Wildman–Crippen LogP) is 0.0490. The molecular weight excluding hydrogens is 248 g/mol. The van der Waals surface area contributed by atoms with Gasteiger partial charge in [-0.1, -0.05) is 19.9 Å². The fraction of sp³-hybridized carbons (Fsp3) is 0.538. The molecule has 0 aliphatic carbocycles. The molecule has 6 heteroatoms. The van der Waals surface area contributed by atoms with Crippen molar-refractivity contribution in [3.63, 3.8) is 0 Å². The molecule has 1 aromatic heterocycles. The number of hydrogen-bond donors (Lipinski definition) is 4. The van der Waals surface area contributed by atoms with E-state index in [1.54, 1.807) is 38.2 Å². The summed E-state index contributed by atoms with van der Waals surface area (Å²) >= 11 is 0. The highest BCUT2D eigenvalue weighted by Crippen LogP contribution is 2.35. The number of aromatic nitrogens is 1. The average Bonchev–Trinajstić information content (AvgIpc) is 2.42. The lowest BCUT2D eigenvalue weighted by Gasteiger charge is -2.43. The lowest BCUT2D eigenvalue weighted by atomic mass is 9.79. The summed E-state index contributed by atoms with van der Waals surface area (Å²) in [4.78, 5) is 11.6. The molecule has 0 spiro atoms. The van der Waals surface area contributed by atoms with E-state index in [4.69, 9.17) is 0 Å². The number of rotatable bonds is 3. The van der Waals surface area contributed by atoms with E-state index >= 15 is 0 Å². The number of nitrogens with one attached hydrogen (secondary N) is 1. The first kappa shape index (κ1) is 13.8. The van der Waals surface area contributed by atoms with Crippen LogP contribution in [-0.2, 0) is 10.5 Å². The minimum Gasteiger partial charge on any atom is -0.478 e. The molecule has 0 radical (unpaired) electrons. The topological polar surface area (TPSA) is 93.7 Å². The van der Waals surface area contributed by atoms with Crippen molar-refractivity contribution in [3.8, 4) is 0 Å². The summed E-state index contributed by atoms with van der Waals surface area (Å²) in [5, 5.41) is 33.5. The Kier molecular flexibility index (Phi) is 3.24. The third-order valence-corrected chi connectivity index (χ3v) is 3.99. The number of pyridine rings is 1. The van der Waals surface area contributed by atoms with E-state index in [0.29, 0.717) is 5.82 Å². The first-order valence-electron chi connectivity index (χ1n) is 6.35. The van der Waals surface area contributed by atoms with Crippen LogP contribution < -0.4 is 9.88 Å². The Bertz CT molecular complexity index is 507. The number of carbonyl (C=O) groups is 1. The van der Waals surface area contributed by atoms with Crippen molar-refractivity contribution >= 4 is 11.8 Å². The van der Waals surface area contributed by atoms with Crippen molar-refractivity contribution in [1.82, 2.24) is 0 Å². The van der Waals surface area contributed by atoms with Crippen LogP contribution in [0, 0.1) is 0 Å². The van der Waals surface area contributed by atoms with Crippen LogP contribution in [0.2, 0.25) is 0 Å². The molecule has 1 aliphatic rings. The van der Waals surface area contributed by atoms with Crippen LogP contribution in [0.3, 0.4) is 0 Å². The van der Waals surface area contributed by atoms with Gasteiger partial charge in [-0.3, -0.25) is 5.32 Å². The van der Waals surface area contributed by atoms with Crippen molar-refractivity contribution in [2.24, 2.45) is 0 Å². The Hall–Kier alpha value is -1.66. The van der Waals surface area contributed by atoms with Crippen molar-refractivity contribution in [3.05, 3.63) is 24.4 Å². The predicted molar refractivity (Wildman–Crippen MR) is 67.4 cm³/mol. The molecule has 0 saturated heterocycles. The molecule has 0 bridgehead atoms. The summed E-state index contributed by atoms with van der Waals surface area (Å²) in [5.74, 6) is -0.703. The van der Waals surface area contributed by atoms with Gasteiger partial charge in [0.25, 0.3) is 5.82 Å². The summed E-state index contributed by atoms with van der Waals surface area (Å²) < 4.78 is 1.48. The fourth-order valence-electron chi connectivity index (χ4n) is 2.67. The Morgan fingerprint density at radius 3 is 2.63 bits per heavy atom. The summed E-state index contributed by atoms with van der Waals surface area (Å²) in [6.45, 7) is 3.37. The van der Waals surface area contributed by atoms with Crippen molar-refractivity contribution < 1.29 is 24.7 Å². The lowest BCUT2D eigenvalue weighted by Crippen LogP contribution is -2.77. The van der Waals surface area contributed by atoms with Gasteiger partial charge >= 0.3 is 5.97 Å². The number of carboxylic acid groups (broad SMARTS) is 1. The molecule has 0 amide bonds. The number of anilines is 1. The number of hydrogen-bond acceptors (Lipinski definition) is 4. The Labute approximate surface area is 111 Å². The molecule has 2 rings (SSSR count). The smallest absolute Gasteiger partial charge is 0.355 e. The molecule has 0 saturated carbocycles. The number of aliphatic hydroxyl groups excluding tert-OH is 1. The zero-order chi connectivity index (χ0) is 14.3. The van der Waals surface area contributed by atoms with Crippen LogP contribution >= 0.6 is 0 Å². The normalized spacial score (nSPS) is 33.4. The van der Waals surface area contributed by atoms with Gasteiger partial charge in [-0.25, -0.2) is 9.36 Å². The third-order valence-electron chi connectivity index (χ3n) is 3.99. The molecule has 6 nitrogen and oxygen atoms in total. The van der Waals surface area contributed by atoms with Crippen LogP contribution in [0.15, 0.2) is 24.4 Å². The molecule has 0 fully saturated rings. The molecule has 19 heavy (non-hydrogen) atoms. The zero-order valence-corrected chi connectivity index (χ0v) is 11.0. The number of fused-ring (bicyclic) bond motifs is 1. The maximum absolute atomic E-state index is 11.6. The maximum Gasteiger partial charge on any atom is 0.355 e. The highest BCUT2D eigenvalue weighted by atomic mass is 16.4. The van der Waals surface area contributed by atoms with Gasteiger partial charge in [0.2, 0.25) is 11.3 Å². The maximum atomic E-state index is 11.6. The standard InChI is InChI=1S/C13H18N2O4/c1-3-12(11(17)18)10(16)13(19,4-2)15-8-6-5-7-9(15)14-12/h5-8,10,16,19H,3-4H2,1-2H3,(H,17,18)/p+1. The highest BCUT2D eigenvalue weighted by molar-refractivity contribution is 5.83. The van der Waals surface area contributed by atoms with Crippen LogP contribution in [0.25, 0.3) is 0 Å². The Balaban J connectivity index is 2.67. The SMILES string of the molecule is CCC1(C(=O)O)Nc2cccc[n+]2C(O)(CC)C1O. The van der Waals surface area contributed by atoms with E-state index in [1.165, 1.54) is 4.57 Å². The van der Waals surface area contributed by atoms with E-state index in [1.807, 2.05) is 0 Å². The van der Waals surface area contributed by atoms with E-state index in [0.717, 1.165) is 0 Å². The summed E-state index contributed by atoms with van der Waals surface area (Å²) in [6.07, 6.45) is 0.524. The van der Waals surface area contributed by atoms with Gasteiger partial charge in [0.1, 0.15) is 0 Å². The third kappa shape index (κ3) is 1.71. The summed E-state index contributed by atoms with van der Waals surface area (Å²) in [6, 6.07) is 5.15. The quantitative estimate of drug-likeness (QED) is 0.581. The van der Waals surface area contributed by atoms with E-state index in [-0.39, 0.29) is 12.8 Å². The average molecular weight is 267 g/mol. The van der Waals surface area contributed by atoms with Gasteiger partial charge in [-0.15, -0.1) is 0 Å². The van der Waals surface area contributed by atoms with Gasteiger partial charge in [0.15, 0.2) is 6.10 Å². The number of aliphatic carboxylic acids is 1. The largest absolute Gasteiger partial charge is 0.478 e. The number of nitrogens with zero attached hydrogens (tertiary/aromatic N) is 1. The molecule has 104 valence electrons. The van der Waals surface area contributed by atoms with E-state index in [9.17, 15) is 20.1 Å². The molecule has 0 aromatic carbocycles. The fourth-order valence-corrected chi connectivity index (χ4v) is 2.67. The zero-order valence-electron chi connectivity index (χ0n) is 11.0. The number of aliphatic hydroxyl groups is 2. The molecule has 1 aromatic rings. The van der Waals surface area contributed by atoms with Gasteiger partial charge in [0.05, 0.1) is 6.20 Å². The second-order valence-electron chi connectivity index (χ2n) is 4.85. The Morgan fingerprint density at radius 1 is 1.42 bits per heavy atom. The second kappa shape index (κ2) is 4.47. The van der Waals surface area contributed by atoms with E-state index in [2.05, 4.69) is 5.32 Å². The first-order valence-corrected chi connectivity index (χ1v) is 6.35. The van der Waals surface area contributed by atoms with Crippen LogP contribution in [0.1, 0.15) is 26.7 Å². The molecule has 2 heterocycles. The lowest BCUT2D eigenvalue weighted by molar-refractivity contribution is -0.811. The molecule has 4 N–H and O–H groups in total. The van der Waals surface area contributed by atoms with Crippen LogP contribution in [0.4, 0.5) is 5.82 Å². The van der Waals surface area contributed by atoms with Crippen molar-refractivity contribution in [2.75, 3.05) is 5.32 Å². The van der Waals surface area contributed by atoms with Crippen molar-refractivity contribution in [1.29, 1.82) is 0 Å². The van der Waals surface area contributed by atoms with Crippen LogP contribution in [-0.4, -0.2) is 32.9 Å².